The van der Waals surface area contributed by atoms with Crippen LogP contribution in [-0.2, 0) is 0 Å². The van der Waals surface area contributed by atoms with Gasteiger partial charge in [-0.2, -0.15) is 19.3 Å². The van der Waals surface area contributed by atoms with Gasteiger partial charge in [0.2, 0.25) is 0 Å². The quantitative estimate of drug-likeness (QED) is 0.361. The van der Waals surface area contributed by atoms with E-state index in [4.69, 9.17) is 0 Å². The monoisotopic (exact) mass is 405 g/mol. The molecule has 0 bridgehead atoms. The largest absolute Gasteiger partial charge is 1.00 e. The molecule has 0 aromatic carbocycles. The predicted octanol–water partition coefficient (Wildman–Crippen LogP) is 6.26. The van der Waals surface area contributed by atoms with E-state index in [1.165, 1.54) is 5.92 Å². The van der Waals surface area contributed by atoms with Crippen LogP contribution in [0.25, 0.3) is 0 Å². The molecule has 1 heteroatoms. The first-order valence-corrected chi connectivity index (χ1v) is 10.2. The van der Waals surface area contributed by atoms with Crippen LogP contribution in [0.5, 0.6) is 0 Å². The molecule has 0 fully saturated rings. The second kappa shape index (κ2) is 9.02. The first kappa shape index (κ1) is 33.3. The summed E-state index contributed by atoms with van der Waals surface area (Å²) < 4.78 is 0. The maximum Gasteiger partial charge on any atom is 1.00 e. The van der Waals surface area contributed by atoms with Gasteiger partial charge in [0.25, 0.3) is 0 Å². The third-order valence-corrected chi connectivity index (χ3v) is 10.9. The minimum Gasteiger partial charge on any atom is -0.358 e. The van der Waals surface area contributed by atoms with E-state index in [1.807, 2.05) is 0 Å². The van der Waals surface area contributed by atoms with Gasteiger partial charge in [0.05, 0.1) is 0 Å². The summed E-state index contributed by atoms with van der Waals surface area (Å²) in [5.41, 5.74) is 1.24. The van der Waals surface area contributed by atoms with Crippen molar-refractivity contribution < 1.29 is 51.4 Å². The Morgan fingerprint density at radius 3 is 0.852 bits per heavy atom. The zero-order chi connectivity index (χ0) is 21.1. The van der Waals surface area contributed by atoms with Crippen molar-refractivity contribution in [2.45, 2.75) is 118 Å². The molecule has 0 unspecified atom stereocenters. The van der Waals surface area contributed by atoms with Crippen molar-refractivity contribution in [3.05, 3.63) is 13.3 Å². The first-order valence-electron chi connectivity index (χ1n) is 10.2. The van der Waals surface area contributed by atoms with E-state index in [-0.39, 0.29) is 96.7 Å². The Morgan fingerprint density at radius 1 is 0.407 bits per heavy atom. The Hall–Kier alpha value is 1.64. The fourth-order valence-electron chi connectivity index (χ4n) is 4.69. The van der Waals surface area contributed by atoms with Gasteiger partial charge in [0.15, 0.2) is 0 Å². The van der Waals surface area contributed by atoms with Crippen molar-refractivity contribution in [3.63, 3.8) is 0 Å². The third-order valence-electron chi connectivity index (χ3n) is 10.9. The maximum atomic E-state index is 2.52. The van der Waals surface area contributed by atoms with Crippen LogP contribution in [-0.4, -0.2) is 0 Å². The summed E-state index contributed by atoms with van der Waals surface area (Å²) in [6.45, 7) is 41.7. The van der Waals surface area contributed by atoms with Gasteiger partial charge in [-0.3, -0.25) is 0 Å². The first-order chi connectivity index (χ1) is 10.4. The van der Waals surface area contributed by atoms with Crippen LogP contribution in [0.1, 0.15) is 118 Å². The topological polar surface area (TPSA) is 0 Å². The van der Waals surface area contributed by atoms with Crippen molar-refractivity contribution in [3.8, 4) is 0 Å². The average Bonchev–Trinajstić information content (AvgIpc) is 2.35. The Kier molecular flexibility index (Phi) is 11.1. The van der Waals surface area contributed by atoms with E-state index in [0.29, 0.717) is 0 Å². The van der Waals surface area contributed by atoms with Gasteiger partial charge >= 0.3 is 51.4 Å². The van der Waals surface area contributed by atoms with E-state index in [1.54, 1.807) is 0 Å². The summed E-state index contributed by atoms with van der Waals surface area (Å²) in [7, 11) is 0. The van der Waals surface area contributed by atoms with Crippen LogP contribution >= 0.6 is 0 Å². The molecule has 0 aromatic heterocycles. The van der Waals surface area contributed by atoms with Crippen LogP contribution in [0.3, 0.4) is 0 Å². The molecular weight excluding hydrogens is 351 g/mol. The molecule has 27 heavy (non-hydrogen) atoms. The SMILES string of the molecule is C[C-](C)C(C)(C)C(C)(C)C(C)(C)C(C)(C)C(C)(C)C(C)(C)C(C)(C)C.[CH3-].[K+]. The van der Waals surface area contributed by atoms with Crippen molar-refractivity contribution in [1.29, 1.82) is 0 Å². The van der Waals surface area contributed by atoms with Crippen molar-refractivity contribution in [1.82, 2.24) is 0 Å². The normalized spacial score (nSPS) is 15.3. The Balaban J connectivity index is -0.00000288. The number of hydrogen-bond acceptors (Lipinski definition) is 0. The summed E-state index contributed by atoms with van der Waals surface area (Å²) in [5, 5.41) is 0. The third kappa shape index (κ3) is 4.78. The van der Waals surface area contributed by atoms with Crippen LogP contribution in [0.2, 0.25) is 0 Å². The maximum absolute atomic E-state index is 2.52. The van der Waals surface area contributed by atoms with Gasteiger partial charge in [-0.15, -0.1) is 0 Å². The fraction of sp³-hybridized carbons (Fsp3) is 0.923. The molecule has 0 aromatic rings. The summed E-state index contributed by atoms with van der Waals surface area (Å²) in [5.74, 6) is 1.52. The van der Waals surface area contributed by atoms with Crippen LogP contribution in [0, 0.1) is 51.2 Å². The van der Waals surface area contributed by atoms with E-state index < -0.39 is 0 Å². The predicted molar refractivity (Wildman–Crippen MR) is 123 cm³/mol. The van der Waals surface area contributed by atoms with Crippen LogP contribution < -0.4 is 51.4 Å². The van der Waals surface area contributed by atoms with Crippen molar-refractivity contribution in [2.75, 3.05) is 0 Å². The molecule has 0 spiro atoms. The Morgan fingerprint density at radius 2 is 0.630 bits per heavy atom. The van der Waals surface area contributed by atoms with Gasteiger partial charge in [-0.1, -0.05) is 109 Å². The molecule has 0 rings (SSSR count). The Bertz CT molecular complexity index is 465. The summed E-state index contributed by atoms with van der Waals surface area (Å²) in [6, 6.07) is 0. The summed E-state index contributed by atoms with van der Waals surface area (Å²) in [6.07, 6.45) is 0. The molecule has 0 aliphatic heterocycles. The van der Waals surface area contributed by atoms with Gasteiger partial charge in [0.1, 0.15) is 0 Å². The number of hydrogen-bond donors (Lipinski definition) is 0. The smallest absolute Gasteiger partial charge is 0.358 e. The van der Waals surface area contributed by atoms with E-state index in [9.17, 15) is 0 Å². The van der Waals surface area contributed by atoms with Crippen LogP contribution in [0.4, 0.5) is 0 Å². The molecule has 0 nitrogen and oxygen atoms in total. The molecule has 0 amide bonds. The average molecular weight is 406 g/mol. The van der Waals surface area contributed by atoms with Crippen molar-refractivity contribution in [2.24, 2.45) is 37.9 Å². The van der Waals surface area contributed by atoms with Crippen molar-refractivity contribution >= 4 is 0 Å². The summed E-state index contributed by atoms with van der Waals surface area (Å²) in [4.78, 5) is 0. The molecule has 0 radical (unpaired) electrons. The zero-order valence-corrected chi connectivity index (χ0v) is 26.1. The minimum absolute atomic E-state index is 0. The number of rotatable bonds is 6. The molecule has 0 heterocycles. The van der Waals surface area contributed by atoms with E-state index in [0.717, 1.165) is 0 Å². The second-order valence-electron chi connectivity index (χ2n) is 13.0. The van der Waals surface area contributed by atoms with Gasteiger partial charge in [-0.05, 0) is 27.1 Å². The molecule has 0 N–H and O–H groups in total. The van der Waals surface area contributed by atoms with Crippen LogP contribution in [0.15, 0.2) is 0 Å². The van der Waals surface area contributed by atoms with E-state index >= 15 is 0 Å². The Labute approximate surface area is 218 Å². The summed E-state index contributed by atoms with van der Waals surface area (Å²) >= 11 is 0. The molecule has 0 saturated heterocycles. The molecule has 0 aliphatic carbocycles. The van der Waals surface area contributed by atoms with Gasteiger partial charge in [-0.25, -0.2) is 0 Å². The second-order valence-corrected chi connectivity index (χ2v) is 13.0. The molecule has 0 saturated carbocycles. The van der Waals surface area contributed by atoms with E-state index in [2.05, 4.69) is 118 Å². The molecular formula is C26H54K-. The van der Waals surface area contributed by atoms with Gasteiger partial charge < -0.3 is 13.3 Å². The minimum atomic E-state index is 0. The molecule has 0 aliphatic rings. The van der Waals surface area contributed by atoms with Gasteiger partial charge in [0, 0.05) is 0 Å². The fourth-order valence-corrected chi connectivity index (χ4v) is 4.69. The molecule has 160 valence electrons. The molecule has 0 atom stereocenters. The standard InChI is InChI=1S/C25H51.CH3.K/c1-18(2)20(6,7)22(10,11)24(14,15)25(16,17)23(12,13)21(8,9)19(3,4)5;;/h1-17H3;1H3;/q2*-1;+1. The zero-order valence-electron chi connectivity index (χ0n) is 23.0.